The molecule has 2 heterocycles. The van der Waals surface area contributed by atoms with Gasteiger partial charge in [-0.05, 0) is 68.3 Å². The molecule has 0 fully saturated rings. The van der Waals surface area contributed by atoms with E-state index in [0.717, 1.165) is 60.2 Å². The van der Waals surface area contributed by atoms with E-state index >= 15 is 0 Å². The highest BCUT2D eigenvalue weighted by Gasteiger charge is 2.14. The number of halogens is 2. The summed E-state index contributed by atoms with van der Waals surface area (Å²) < 4.78 is 16.1. The van der Waals surface area contributed by atoms with E-state index in [0.29, 0.717) is 5.82 Å². The fourth-order valence-electron chi connectivity index (χ4n) is 4.29. The van der Waals surface area contributed by atoms with Crippen LogP contribution >= 0.6 is 31.9 Å². The number of aromatic nitrogens is 6. The van der Waals surface area contributed by atoms with Crippen molar-refractivity contribution in [2.45, 2.75) is 0 Å². The molecule has 212 valence electrons. The van der Waals surface area contributed by atoms with Gasteiger partial charge in [-0.25, -0.2) is 19.3 Å². The number of nitrogens with zero attached hydrogens (tertiary/aromatic N) is 6. The van der Waals surface area contributed by atoms with Crippen molar-refractivity contribution >= 4 is 31.9 Å². The number of rotatable bonds is 6. The largest absolute Gasteiger partial charge is 0.496 e. The minimum atomic E-state index is 0.683. The highest BCUT2D eigenvalue weighted by Crippen LogP contribution is 2.32. The average Bonchev–Trinajstić information content (AvgIpc) is 3.61. The maximum absolute atomic E-state index is 5.33. The molecule has 42 heavy (non-hydrogen) atoms. The molecule has 6 rings (SSSR count). The molecule has 0 radical (unpaired) electrons. The van der Waals surface area contributed by atoms with E-state index in [9.17, 15) is 0 Å². The summed E-state index contributed by atoms with van der Waals surface area (Å²) in [5.74, 6) is 4.59. The fourth-order valence-corrected chi connectivity index (χ4v) is 5.11. The Labute approximate surface area is 261 Å². The Morgan fingerprint density at radius 2 is 0.952 bits per heavy atom. The van der Waals surface area contributed by atoms with Crippen LogP contribution in [0.1, 0.15) is 0 Å². The first-order valence-corrected chi connectivity index (χ1v) is 14.6. The van der Waals surface area contributed by atoms with Crippen LogP contribution in [-0.4, -0.2) is 43.7 Å². The molecule has 2 aromatic heterocycles. The summed E-state index contributed by atoms with van der Waals surface area (Å²) >= 11 is 6.90. The average molecular weight is 688 g/mol. The van der Waals surface area contributed by atoms with Crippen molar-refractivity contribution in [2.75, 3.05) is 14.2 Å². The van der Waals surface area contributed by atoms with E-state index in [2.05, 4.69) is 52.0 Å². The van der Waals surface area contributed by atoms with Gasteiger partial charge in [-0.1, -0.05) is 60.7 Å². The lowest BCUT2D eigenvalue weighted by Gasteiger charge is -2.05. The molecular weight excluding hydrogens is 660 g/mol. The molecule has 0 saturated heterocycles. The quantitative estimate of drug-likeness (QED) is 0.178. The Balaban J connectivity index is 0.000000168. The summed E-state index contributed by atoms with van der Waals surface area (Å²) in [6, 6.07) is 31.7. The van der Waals surface area contributed by atoms with Crippen LogP contribution in [-0.2, 0) is 14.1 Å². The standard InChI is InChI=1S/2C16H14BrN3O/c1-20-16(11-6-4-3-5-7-11)18-15(19-20)12-8-9-13(17)14(10-12)21-2;1-20-16(12-8-9-13(17)14(10-12)21-2)18-15(19-20)11-6-4-3-5-7-11/h2*3-10H,1-2H3. The number of methoxy groups -OCH3 is 2. The predicted molar refractivity (Wildman–Crippen MR) is 172 cm³/mol. The highest BCUT2D eigenvalue weighted by atomic mass is 79.9. The predicted octanol–water partition coefficient (Wildman–Crippen LogP) is 7.84. The summed E-state index contributed by atoms with van der Waals surface area (Å²) in [6.07, 6.45) is 0. The van der Waals surface area contributed by atoms with Gasteiger partial charge in [-0.3, -0.25) is 0 Å². The molecule has 0 spiro atoms. The Hall–Kier alpha value is -4.28. The zero-order chi connectivity index (χ0) is 29.6. The summed E-state index contributed by atoms with van der Waals surface area (Å²) in [6.45, 7) is 0. The van der Waals surface area contributed by atoms with Gasteiger partial charge in [0.2, 0.25) is 0 Å². The van der Waals surface area contributed by atoms with Crippen molar-refractivity contribution in [2.24, 2.45) is 14.1 Å². The second kappa shape index (κ2) is 13.1. The van der Waals surface area contributed by atoms with Crippen LogP contribution in [0.4, 0.5) is 0 Å². The Morgan fingerprint density at radius 1 is 0.524 bits per heavy atom. The number of hydrogen-bond acceptors (Lipinski definition) is 6. The van der Waals surface area contributed by atoms with Crippen LogP contribution in [0.15, 0.2) is 106 Å². The second-order valence-electron chi connectivity index (χ2n) is 9.20. The minimum Gasteiger partial charge on any atom is -0.496 e. The third-order valence-electron chi connectivity index (χ3n) is 6.41. The van der Waals surface area contributed by atoms with Crippen molar-refractivity contribution < 1.29 is 9.47 Å². The highest BCUT2D eigenvalue weighted by molar-refractivity contribution is 9.10. The van der Waals surface area contributed by atoms with E-state index in [1.165, 1.54) is 0 Å². The summed E-state index contributed by atoms with van der Waals surface area (Å²) in [7, 11) is 7.08. The normalized spacial score (nSPS) is 10.6. The molecule has 0 aliphatic carbocycles. The van der Waals surface area contributed by atoms with Crippen LogP contribution < -0.4 is 9.47 Å². The Morgan fingerprint density at radius 3 is 1.48 bits per heavy atom. The van der Waals surface area contributed by atoms with Gasteiger partial charge in [0.1, 0.15) is 11.5 Å². The lowest BCUT2D eigenvalue weighted by atomic mass is 10.2. The molecule has 0 atom stereocenters. The lowest BCUT2D eigenvalue weighted by molar-refractivity contribution is 0.412. The molecule has 8 nitrogen and oxygen atoms in total. The first-order valence-electron chi connectivity index (χ1n) is 13.0. The third-order valence-corrected chi connectivity index (χ3v) is 7.72. The molecule has 0 N–H and O–H groups in total. The maximum atomic E-state index is 5.33. The number of ether oxygens (including phenoxy) is 2. The zero-order valence-electron chi connectivity index (χ0n) is 23.5. The molecule has 4 aromatic carbocycles. The van der Waals surface area contributed by atoms with E-state index in [1.807, 2.05) is 111 Å². The summed E-state index contributed by atoms with van der Waals surface area (Å²) in [4.78, 5) is 9.27. The van der Waals surface area contributed by atoms with Gasteiger partial charge in [-0.2, -0.15) is 10.2 Å². The van der Waals surface area contributed by atoms with Crippen molar-refractivity contribution in [1.82, 2.24) is 29.5 Å². The first-order chi connectivity index (χ1) is 20.4. The van der Waals surface area contributed by atoms with Gasteiger partial charge in [0.15, 0.2) is 23.3 Å². The molecule has 10 heteroatoms. The van der Waals surface area contributed by atoms with Crippen LogP contribution in [0.2, 0.25) is 0 Å². The molecule has 0 saturated carbocycles. The monoisotopic (exact) mass is 686 g/mol. The maximum Gasteiger partial charge on any atom is 0.181 e. The molecule has 0 aliphatic rings. The summed E-state index contributed by atoms with van der Waals surface area (Å²) in [5, 5.41) is 8.99. The van der Waals surface area contributed by atoms with Crippen LogP contribution in [0.5, 0.6) is 11.5 Å². The SMILES string of the molecule is COc1cc(-c2nc(-c3ccccc3)n(C)n2)ccc1Br.COc1cc(-c2nc(-c3ccccc3)nn2C)ccc1Br. The number of hydrogen-bond donors (Lipinski definition) is 0. The van der Waals surface area contributed by atoms with Crippen LogP contribution in [0.3, 0.4) is 0 Å². The molecular formula is C32H28Br2N6O2. The fraction of sp³-hybridized carbons (Fsp3) is 0.125. The topological polar surface area (TPSA) is 79.9 Å². The molecule has 0 amide bonds. The Kier molecular flexibility index (Phi) is 9.14. The minimum absolute atomic E-state index is 0.683. The molecule has 6 aromatic rings. The lowest BCUT2D eigenvalue weighted by Crippen LogP contribution is -1.95. The first kappa shape index (κ1) is 29.2. The van der Waals surface area contributed by atoms with E-state index < -0.39 is 0 Å². The smallest absolute Gasteiger partial charge is 0.181 e. The molecule has 0 aliphatic heterocycles. The van der Waals surface area contributed by atoms with E-state index in [1.54, 1.807) is 23.6 Å². The van der Waals surface area contributed by atoms with Gasteiger partial charge in [0.25, 0.3) is 0 Å². The van der Waals surface area contributed by atoms with Crippen molar-refractivity contribution in [3.8, 4) is 57.1 Å². The molecule has 0 unspecified atom stereocenters. The van der Waals surface area contributed by atoms with Crippen LogP contribution in [0.25, 0.3) is 45.6 Å². The van der Waals surface area contributed by atoms with Gasteiger partial charge in [-0.15, -0.1) is 0 Å². The van der Waals surface area contributed by atoms with Crippen molar-refractivity contribution in [1.29, 1.82) is 0 Å². The number of benzene rings is 4. The molecule has 0 bridgehead atoms. The Bertz CT molecular complexity index is 1800. The van der Waals surface area contributed by atoms with E-state index in [-0.39, 0.29) is 0 Å². The zero-order valence-corrected chi connectivity index (χ0v) is 26.7. The third kappa shape index (κ3) is 6.45. The van der Waals surface area contributed by atoms with Crippen LogP contribution in [0, 0.1) is 0 Å². The second-order valence-corrected chi connectivity index (χ2v) is 10.9. The van der Waals surface area contributed by atoms with Gasteiger partial charge in [0, 0.05) is 36.3 Å². The van der Waals surface area contributed by atoms with Gasteiger partial charge >= 0.3 is 0 Å². The van der Waals surface area contributed by atoms with Crippen molar-refractivity contribution in [3.05, 3.63) is 106 Å². The number of aryl methyl sites for hydroxylation is 2. The van der Waals surface area contributed by atoms with Gasteiger partial charge in [0.05, 0.1) is 23.2 Å². The summed E-state index contributed by atoms with van der Waals surface area (Å²) in [5.41, 5.74) is 3.94. The van der Waals surface area contributed by atoms with Crippen molar-refractivity contribution in [3.63, 3.8) is 0 Å². The van der Waals surface area contributed by atoms with Gasteiger partial charge < -0.3 is 9.47 Å². The van der Waals surface area contributed by atoms with E-state index in [4.69, 9.17) is 9.47 Å².